The minimum atomic E-state index is -0.0411. The van der Waals surface area contributed by atoms with E-state index in [1.165, 1.54) is 5.56 Å². The van der Waals surface area contributed by atoms with Crippen molar-refractivity contribution in [3.05, 3.63) is 35.9 Å². The van der Waals surface area contributed by atoms with Gasteiger partial charge in [-0.3, -0.25) is 4.79 Å². The van der Waals surface area contributed by atoms with Crippen LogP contribution in [0.1, 0.15) is 31.7 Å². The Morgan fingerprint density at radius 1 is 1.33 bits per heavy atom. The highest BCUT2D eigenvalue weighted by Crippen LogP contribution is 2.27. The summed E-state index contributed by atoms with van der Waals surface area (Å²) in [4.78, 5) is 11.8. The number of carbonyl (C=O) groups is 1. The summed E-state index contributed by atoms with van der Waals surface area (Å²) in [6.45, 7) is 3.15. The normalized spacial score (nSPS) is 22.9. The van der Waals surface area contributed by atoms with Gasteiger partial charge in [0, 0.05) is 12.6 Å². The third kappa shape index (κ3) is 3.33. The quantitative estimate of drug-likeness (QED) is 0.812. The summed E-state index contributed by atoms with van der Waals surface area (Å²) in [6, 6.07) is 10.6. The average Bonchev–Trinajstić information content (AvgIpc) is 2.86. The molecule has 0 saturated heterocycles. The number of rotatable bonds is 5. The van der Waals surface area contributed by atoms with E-state index in [0.717, 1.165) is 25.8 Å². The molecule has 0 aromatic heterocycles. The molecule has 0 aliphatic heterocycles. The molecule has 3 heteroatoms. The van der Waals surface area contributed by atoms with E-state index >= 15 is 0 Å². The summed E-state index contributed by atoms with van der Waals surface area (Å²) in [5.41, 5.74) is 1.26. The Hall–Kier alpha value is -1.35. The molecule has 0 bridgehead atoms. The zero-order valence-electron chi connectivity index (χ0n) is 10.9. The molecule has 2 atom stereocenters. The Bertz CT molecular complexity index is 377. The molecule has 0 heterocycles. The fourth-order valence-electron chi connectivity index (χ4n) is 2.58. The fourth-order valence-corrected chi connectivity index (χ4v) is 2.58. The van der Waals surface area contributed by atoms with Crippen molar-refractivity contribution >= 4 is 5.97 Å². The smallest absolute Gasteiger partial charge is 0.310 e. The van der Waals surface area contributed by atoms with Crippen LogP contribution in [-0.2, 0) is 16.1 Å². The van der Waals surface area contributed by atoms with Crippen molar-refractivity contribution in [3.8, 4) is 0 Å². The molecule has 1 fully saturated rings. The monoisotopic (exact) mass is 247 g/mol. The minimum absolute atomic E-state index is 0.0358. The summed E-state index contributed by atoms with van der Waals surface area (Å²) in [6.07, 6.45) is 3.12. The molecule has 0 unspecified atom stereocenters. The van der Waals surface area contributed by atoms with E-state index in [1.807, 2.05) is 25.1 Å². The van der Waals surface area contributed by atoms with Crippen LogP contribution in [0, 0.1) is 5.92 Å². The van der Waals surface area contributed by atoms with Gasteiger partial charge in [-0.05, 0) is 25.3 Å². The lowest BCUT2D eigenvalue weighted by Crippen LogP contribution is -2.36. The van der Waals surface area contributed by atoms with Gasteiger partial charge in [0.2, 0.25) is 0 Å². The van der Waals surface area contributed by atoms with E-state index in [0.29, 0.717) is 6.61 Å². The molecule has 0 radical (unpaired) electrons. The average molecular weight is 247 g/mol. The summed E-state index contributed by atoms with van der Waals surface area (Å²) < 4.78 is 5.13. The molecule has 1 aromatic carbocycles. The van der Waals surface area contributed by atoms with Crippen LogP contribution in [0.2, 0.25) is 0 Å². The van der Waals surface area contributed by atoms with Crippen LogP contribution in [-0.4, -0.2) is 18.6 Å². The van der Waals surface area contributed by atoms with Crippen molar-refractivity contribution < 1.29 is 9.53 Å². The molecular weight excluding hydrogens is 226 g/mol. The molecule has 18 heavy (non-hydrogen) atoms. The molecule has 1 saturated carbocycles. The van der Waals surface area contributed by atoms with Gasteiger partial charge < -0.3 is 10.1 Å². The van der Waals surface area contributed by atoms with Gasteiger partial charge in [-0.1, -0.05) is 36.8 Å². The number of ether oxygens (including phenoxy) is 1. The first kappa shape index (κ1) is 13.1. The van der Waals surface area contributed by atoms with E-state index < -0.39 is 0 Å². The van der Waals surface area contributed by atoms with E-state index in [4.69, 9.17) is 4.74 Å². The Morgan fingerprint density at radius 3 is 2.83 bits per heavy atom. The Morgan fingerprint density at radius 2 is 2.11 bits per heavy atom. The molecule has 0 spiro atoms. The van der Waals surface area contributed by atoms with Crippen LogP contribution in [0.3, 0.4) is 0 Å². The van der Waals surface area contributed by atoms with Crippen molar-refractivity contribution in [3.63, 3.8) is 0 Å². The zero-order chi connectivity index (χ0) is 12.8. The Kier molecular flexibility index (Phi) is 4.76. The molecule has 0 amide bonds. The fraction of sp³-hybridized carbons (Fsp3) is 0.533. The molecule has 1 aliphatic rings. The van der Waals surface area contributed by atoms with Gasteiger partial charge in [0.1, 0.15) is 0 Å². The van der Waals surface area contributed by atoms with E-state index in [1.54, 1.807) is 0 Å². The second-order valence-corrected chi connectivity index (χ2v) is 4.76. The topological polar surface area (TPSA) is 38.3 Å². The zero-order valence-corrected chi connectivity index (χ0v) is 10.9. The largest absolute Gasteiger partial charge is 0.466 e. The van der Waals surface area contributed by atoms with Crippen LogP contribution < -0.4 is 5.32 Å². The first-order valence-electron chi connectivity index (χ1n) is 6.75. The number of benzene rings is 1. The van der Waals surface area contributed by atoms with Crippen LogP contribution >= 0.6 is 0 Å². The Labute approximate surface area is 109 Å². The van der Waals surface area contributed by atoms with Crippen LogP contribution in [0.15, 0.2) is 30.3 Å². The first-order valence-corrected chi connectivity index (χ1v) is 6.75. The van der Waals surface area contributed by atoms with E-state index in [2.05, 4.69) is 17.4 Å². The lowest BCUT2D eigenvalue weighted by atomic mass is 10.0. The third-order valence-corrected chi connectivity index (χ3v) is 3.52. The highest BCUT2D eigenvalue weighted by molar-refractivity contribution is 5.73. The minimum Gasteiger partial charge on any atom is -0.466 e. The maximum Gasteiger partial charge on any atom is 0.310 e. The predicted octanol–water partition coefficient (Wildman–Crippen LogP) is 2.51. The Balaban J connectivity index is 1.86. The number of esters is 1. The van der Waals surface area contributed by atoms with Crippen LogP contribution in [0.25, 0.3) is 0 Å². The van der Waals surface area contributed by atoms with Gasteiger partial charge in [0.15, 0.2) is 0 Å². The number of carbonyl (C=O) groups excluding carboxylic acids is 1. The molecule has 98 valence electrons. The lowest BCUT2D eigenvalue weighted by molar-refractivity contribution is -0.148. The van der Waals surface area contributed by atoms with Crippen molar-refractivity contribution in [1.29, 1.82) is 0 Å². The summed E-state index contributed by atoms with van der Waals surface area (Å²) >= 11 is 0. The first-order chi connectivity index (χ1) is 8.81. The van der Waals surface area contributed by atoms with Gasteiger partial charge in [0.05, 0.1) is 12.5 Å². The highest BCUT2D eigenvalue weighted by Gasteiger charge is 2.33. The van der Waals surface area contributed by atoms with Gasteiger partial charge in [-0.15, -0.1) is 0 Å². The number of hydrogen-bond acceptors (Lipinski definition) is 3. The van der Waals surface area contributed by atoms with Crippen molar-refractivity contribution in [2.75, 3.05) is 6.61 Å². The van der Waals surface area contributed by atoms with E-state index in [9.17, 15) is 4.79 Å². The van der Waals surface area contributed by atoms with Gasteiger partial charge in [-0.2, -0.15) is 0 Å². The molecule has 2 rings (SSSR count). The van der Waals surface area contributed by atoms with Gasteiger partial charge in [-0.25, -0.2) is 0 Å². The molecule has 1 aromatic rings. The molecule has 3 nitrogen and oxygen atoms in total. The van der Waals surface area contributed by atoms with Gasteiger partial charge >= 0.3 is 5.97 Å². The standard InChI is InChI=1S/C15H21NO2/c1-2-18-15(17)13-9-6-10-14(13)16-11-12-7-4-3-5-8-12/h3-5,7-8,13-14,16H,2,6,9-11H2,1H3/t13-,14-/m0/s1. The molecule has 1 aliphatic carbocycles. The summed E-state index contributed by atoms with van der Waals surface area (Å²) in [5.74, 6) is -0.00535. The highest BCUT2D eigenvalue weighted by atomic mass is 16.5. The summed E-state index contributed by atoms with van der Waals surface area (Å²) in [5, 5.41) is 3.49. The van der Waals surface area contributed by atoms with Crippen molar-refractivity contribution in [2.45, 2.75) is 38.8 Å². The van der Waals surface area contributed by atoms with Crippen LogP contribution in [0.5, 0.6) is 0 Å². The maximum atomic E-state index is 11.8. The number of nitrogens with one attached hydrogen (secondary N) is 1. The lowest BCUT2D eigenvalue weighted by Gasteiger charge is -2.19. The second-order valence-electron chi connectivity index (χ2n) is 4.76. The third-order valence-electron chi connectivity index (χ3n) is 3.52. The summed E-state index contributed by atoms with van der Waals surface area (Å²) in [7, 11) is 0. The molecular formula is C15H21NO2. The van der Waals surface area contributed by atoms with E-state index in [-0.39, 0.29) is 17.9 Å². The second kappa shape index (κ2) is 6.55. The predicted molar refractivity (Wildman–Crippen MR) is 71.0 cm³/mol. The molecule has 1 N–H and O–H groups in total. The SMILES string of the molecule is CCOC(=O)[C@H]1CCC[C@@H]1NCc1ccccc1. The van der Waals surface area contributed by atoms with Crippen molar-refractivity contribution in [1.82, 2.24) is 5.32 Å². The van der Waals surface area contributed by atoms with Crippen molar-refractivity contribution in [2.24, 2.45) is 5.92 Å². The maximum absolute atomic E-state index is 11.8. The van der Waals surface area contributed by atoms with Crippen LogP contribution in [0.4, 0.5) is 0 Å². The number of hydrogen-bond donors (Lipinski definition) is 1. The van der Waals surface area contributed by atoms with Gasteiger partial charge in [0.25, 0.3) is 0 Å².